The van der Waals surface area contributed by atoms with Gasteiger partial charge in [0.15, 0.2) is 0 Å². The maximum Gasteiger partial charge on any atom is 0.308 e. The Kier molecular flexibility index (Phi) is 7.63. The van der Waals surface area contributed by atoms with Crippen LogP contribution in [-0.2, 0) is 19.1 Å². The van der Waals surface area contributed by atoms with Crippen LogP contribution in [0.3, 0.4) is 0 Å². The predicted molar refractivity (Wildman–Crippen MR) is 77.1 cm³/mol. The van der Waals surface area contributed by atoms with E-state index in [1.807, 2.05) is 6.92 Å². The molecule has 0 bridgehead atoms. The molecule has 4 nitrogen and oxygen atoms in total. The van der Waals surface area contributed by atoms with Gasteiger partial charge < -0.3 is 9.47 Å². The first-order valence-electron chi connectivity index (χ1n) is 7.87. The zero-order valence-electron chi connectivity index (χ0n) is 13.0. The molecular weight excluding hydrogens is 256 g/mol. The van der Waals surface area contributed by atoms with E-state index in [1.54, 1.807) is 0 Å². The second-order valence-electron chi connectivity index (χ2n) is 6.00. The molecule has 116 valence electrons. The Balaban J connectivity index is 2.20. The largest absolute Gasteiger partial charge is 0.466 e. The van der Waals surface area contributed by atoms with E-state index in [9.17, 15) is 9.59 Å². The number of hydrogen-bond donors (Lipinski definition) is 0. The minimum atomic E-state index is -0.115. The van der Waals surface area contributed by atoms with Crippen LogP contribution in [-0.4, -0.2) is 25.2 Å². The second kappa shape index (κ2) is 8.98. The lowest BCUT2D eigenvalue weighted by Gasteiger charge is -2.25. The average molecular weight is 284 g/mol. The lowest BCUT2D eigenvalue weighted by molar-refractivity contribution is -0.155. The predicted octanol–water partition coefficient (Wildman–Crippen LogP) is 3.34. The highest BCUT2D eigenvalue weighted by atomic mass is 16.5. The van der Waals surface area contributed by atoms with E-state index in [4.69, 9.17) is 9.47 Å². The third-order valence-electron chi connectivity index (χ3n) is 3.85. The fourth-order valence-electron chi connectivity index (χ4n) is 2.61. The van der Waals surface area contributed by atoms with E-state index < -0.39 is 0 Å². The van der Waals surface area contributed by atoms with E-state index >= 15 is 0 Å². The normalized spacial score (nSPS) is 22.6. The fourth-order valence-corrected chi connectivity index (χ4v) is 2.61. The first-order chi connectivity index (χ1) is 9.54. The highest BCUT2D eigenvalue weighted by Gasteiger charge is 2.31. The summed E-state index contributed by atoms with van der Waals surface area (Å²) < 4.78 is 10.3. The van der Waals surface area contributed by atoms with Crippen molar-refractivity contribution in [2.45, 2.75) is 59.3 Å². The number of hydrogen-bond acceptors (Lipinski definition) is 4. The molecule has 1 aliphatic carbocycles. The van der Waals surface area contributed by atoms with Crippen molar-refractivity contribution >= 4 is 11.9 Å². The van der Waals surface area contributed by atoms with Gasteiger partial charge in [-0.2, -0.15) is 0 Å². The molecule has 0 amide bonds. The van der Waals surface area contributed by atoms with E-state index in [0.717, 1.165) is 38.5 Å². The molecule has 1 saturated carbocycles. The molecule has 0 spiro atoms. The molecule has 0 aliphatic heterocycles. The average Bonchev–Trinajstić information content (AvgIpc) is 2.43. The molecule has 0 aromatic heterocycles. The molecular formula is C16H28O4. The summed E-state index contributed by atoms with van der Waals surface area (Å²) >= 11 is 0. The Morgan fingerprint density at radius 3 is 1.95 bits per heavy atom. The minimum Gasteiger partial charge on any atom is -0.466 e. The zero-order valence-corrected chi connectivity index (χ0v) is 13.0. The Morgan fingerprint density at radius 1 is 1.00 bits per heavy atom. The molecule has 1 rings (SSSR count). The Labute approximate surface area is 122 Å². The molecule has 0 atom stereocenters. The lowest BCUT2D eigenvalue weighted by atomic mass is 9.82. The summed E-state index contributed by atoms with van der Waals surface area (Å²) in [6.45, 7) is 7.10. The van der Waals surface area contributed by atoms with Crippen LogP contribution in [0.2, 0.25) is 0 Å². The number of esters is 2. The molecule has 0 aromatic rings. The second-order valence-corrected chi connectivity index (χ2v) is 6.00. The van der Waals surface area contributed by atoms with Gasteiger partial charge in [-0.15, -0.1) is 0 Å². The van der Waals surface area contributed by atoms with Gasteiger partial charge >= 0.3 is 11.9 Å². The van der Waals surface area contributed by atoms with Crippen LogP contribution in [0.1, 0.15) is 59.3 Å². The van der Waals surface area contributed by atoms with Crippen molar-refractivity contribution in [1.29, 1.82) is 0 Å². The number of rotatable bonds is 7. The van der Waals surface area contributed by atoms with Gasteiger partial charge in [-0.3, -0.25) is 9.59 Å². The highest BCUT2D eigenvalue weighted by Crippen LogP contribution is 2.30. The third-order valence-corrected chi connectivity index (χ3v) is 3.85. The van der Waals surface area contributed by atoms with Gasteiger partial charge in [0.1, 0.15) is 0 Å². The summed E-state index contributed by atoms with van der Waals surface area (Å²) in [7, 11) is 0. The van der Waals surface area contributed by atoms with Gasteiger partial charge in [-0.05, 0) is 51.4 Å². The first-order valence-corrected chi connectivity index (χ1v) is 7.87. The number of carbonyl (C=O) groups excluding carboxylic acids is 2. The summed E-state index contributed by atoms with van der Waals surface area (Å²) in [5.41, 5.74) is 0. The van der Waals surface area contributed by atoms with Crippen LogP contribution in [0.5, 0.6) is 0 Å². The van der Waals surface area contributed by atoms with Gasteiger partial charge in [0.05, 0.1) is 25.0 Å². The van der Waals surface area contributed by atoms with Crippen molar-refractivity contribution in [2.75, 3.05) is 13.2 Å². The van der Waals surface area contributed by atoms with Gasteiger partial charge in [0.2, 0.25) is 0 Å². The van der Waals surface area contributed by atoms with E-state index in [-0.39, 0.29) is 23.8 Å². The molecule has 1 aliphatic rings. The molecule has 0 heterocycles. The van der Waals surface area contributed by atoms with Gasteiger partial charge in [-0.25, -0.2) is 0 Å². The SMILES string of the molecule is CCOC(=O)C1CCC(C(=O)OCCCC(C)C)CC1. The molecule has 0 aromatic carbocycles. The summed E-state index contributed by atoms with van der Waals surface area (Å²) in [4.78, 5) is 23.5. The molecule has 0 N–H and O–H groups in total. The third kappa shape index (κ3) is 5.93. The monoisotopic (exact) mass is 284 g/mol. The Bertz CT molecular complexity index is 304. The van der Waals surface area contributed by atoms with Gasteiger partial charge in [-0.1, -0.05) is 13.8 Å². The quantitative estimate of drug-likeness (QED) is 0.531. The maximum absolute atomic E-state index is 11.9. The zero-order chi connectivity index (χ0) is 15.0. The summed E-state index contributed by atoms with van der Waals surface area (Å²) in [6, 6.07) is 0. The van der Waals surface area contributed by atoms with Crippen molar-refractivity contribution in [3.05, 3.63) is 0 Å². The Hall–Kier alpha value is -1.06. The van der Waals surface area contributed by atoms with Gasteiger partial charge in [0, 0.05) is 0 Å². The van der Waals surface area contributed by atoms with Crippen LogP contribution in [0.15, 0.2) is 0 Å². The molecule has 0 unspecified atom stereocenters. The van der Waals surface area contributed by atoms with Crippen molar-refractivity contribution in [2.24, 2.45) is 17.8 Å². The molecule has 0 radical (unpaired) electrons. The van der Waals surface area contributed by atoms with Crippen LogP contribution >= 0.6 is 0 Å². The van der Waals surface area contributed by atoms with E-state index in [0.29, 0.717) is 19.1 Å². The summed E-state index contributed by atoms with van der Waals surface area (Å²) in [5.74, 6) is 0.390. The van der Waals surface area contributed by atoms with Crippen LogP contribution in [0, 0.1) is 17.8 Å². The van der Waals surface area contributed by atoms with Crippen molar-refractivity contribution in [1.82, 2.24) is 0 Å². The van der Waals surface area contributed by atoms with Crippen LogP contribution in [0.25, 0.3) is 0 Å². The van der Waals surface area contributed by atoms with Crippen molar-refractivity contribution in [3.63, 3.8) is 0 Å². The number of ether oxygens (including phenoxy) is 2. The smallest absolute Gasteiger partial charge is 0.308 e. The van der Waals surface area contributed by atoms with E-state index in [1.165, 1.54) is 0 Å². The molecule has 0 saturated heterocycles. The fraction of sp³-hybridized carbons (Fsp3) is 0.875. The lowest BCUT2D eigenvalue weighted by Crippen LogP contribution is -2.28. The molecule has 4 heteroatoms. The topological polar surface area (TPSA) is 52.6 Å². The van der Waals surface area contributed by atoms with Gasteiger partial charge in [0.25, 0.3) is 0 Å². The molecule has 1 fully saturated rings. The maximum atomic E-state index is 11.9. The summed E-state index contributed by atoms with van der Waals surface area (Å²) in [5, 5.41) is 0. The minimum absolute atomic E-state index is 0.0278. The van der Waals surface area contributed by atoms with Crippen molar-refractivity contribution in [3.8, 4) is 0 Å². The standard InChI is InChI=1S/C16H28O4/c1-4-19-15(17)13-7-9-14(10-8-13)16(18)20-11-5-6-12(2)3/h12-14H,4-11H2,1-3H3. The van der Waals surface area contributed by atoms with Crippen molar-refractivity contribution < 1.29 is 19.1 Å². The first kappa shape index (κ1) is 17.0. The van der Waals surface area contributed by atoms with Crippen LogP contribution < -0.4 is 0 Å². The summed E-state index contributed by atoms with van der Waals surface area (Å²) in [6.07, 6.45) is 4.98. The number of carbonyl (C=O) groups is 2. The van der Waals surface area contributed by atoms with Crippen LogP contribution in [0.4, 0.5) is 0 Å². The van der Waals surface area contributed by atoms with E-state index in [2.05, 4.69) is 13.8 Å². The molecule has 20 heavy (non-hydrogen) atoms. The Morgan fingerprint density at radius 2 is 1.50 bits per heavy atom. The highest BCUT2D eigenvalue weighted by molar-refractivity contribution is 5.75.